The lowest BCUT2D eigenvalue weighted by Gasteiger charge is -2.25. The Morgan fingerprint density at radius 3 is 2.95 bits per heavy atom. The summed E-state index contributed by atoms with van der Waals surface area (Å²) in [5.41, 5.74) is 7.08. The third kappa shape index (κ3) is 4.84. The number of amides is 1. The smallest absolute Gasteiger partial charge is 0.234 e. The molecule has 0 aliphatic heterocycles. The molecule has 1 aliphatic carbocycles. The van der Waals surface area contributed by atoms with Gasteiger partial charge in [-0.05, 0) is 30.9 Å². The molecule has 3 N–H and O–H groups in total. The van der Waals surface area contributed by atoms with Crippen molar-refractivity contribution in [3.05, 3.63) is 18.2 Å². The lowest BCUT2D eigenvalue weighted by molar-refractivity contribution is -0.113. The molecule has 5 heteroatoms. The number of nitrogens with two attached hydrogens (primary N) is 1. The molecular formula is C16H24N2O2S. The topological polar surface area (TPSA) is 64.3 Å². The summed E-state index contributed by atoms with van der Waals surface area (Å²) in [6.45, 7) is 2.30. The van der Waals surface area contributed by atoms with Crippen LogP contribution in [0.4, 0.5) is 11.4 Å². The van der Waals surface area contributed by atoms with Gasteiger partial charge in [0.15, 0.2) is 0 Å². The molecule has 21 heavy (non-hydrogen) atoms. The van der Waals surface area contributed by atoms with Crippen LogP contribution in [0.5, 0.6) is 5.75 Å². The van der Waals surface area contributed by atoms with Gasteiger partial charge in [0, 0.05) is 11.3 Å². The molecule has 2 rings (SSSR count). The Balaban J connectivity index is 1.81. The molecule has 0 radical (unpaired) electrons. The van der Waals surface area contributed by atoms with Crippen molar-refractivity contribution in [2.75, 3.05) is 23.9 Å². The SMILES string of the molecule is COc1ccc(NC(=O)CSC2CCCC(C)C2)c(N)c1. The van der Waals surface area contributed by atoms with Gasteiger partial charge in [0.05, 0.1) is 24.2 Å². The molecule has 0 spiro atoms. The Hall–Kier alpha value is -1.36. The van der Waals surface area contributed by atoms with Crippen LogP contribution in [0, 0.1) is 5.92 Å². The van der Waals surface area contributed by atoms with Crippen molar-refractivity contribution in [2.45, 2.75) is 37.9 Å². The van der Waals surface area contributed by atoms with E-state index in [4.69, 9.17) is 10.5 Å². The number of nitrogen functional groups attached to an aromatic ring is 1. The van der Waals surface area contributed by atoms with E-state index < -0.39 is 0 Å². The Kier molecular flexibility index (Phi) is 5.79. The van der Waals surface area contributed by atoms with Gasteiger partial charge in [0.25, 0.3) is 0 Å². The van der Waals surface area contributed by atoms with Gasteiger partial charge < -0.3 is 15.8 Å². The van der Waals surface area contributed by atoms with E-state index in [1.807, 2.05) is 0 Å². The van der Waals surface area contributed by atoms with Gasteiger partial charge in [0.1, 0.15) is 5.75 Å². The zero-order valence-corrected chi connectivity index (χ0v) is 13.5. The van der Waals surface area contributed by atoms with Crippen molar-refractivity contribution in [2.24, 2.45) is 5.92 Å². The predicted octanol–water partition coefficient (Wildman–Crippen LogP) is 3.53. The first kappa shape index (κ1) is 16.0. The third-order valence-electron chi connectivity index (χ3n) is 3.87. The molecule has 1 aromatic rings. The highest BCUT2D eigenvalue weighted by atomic mass is 32.2. The normalized spacial score (nSPS) is 21.8. The van der Waals surface area contributed by atoms with Crippen molar-refractivity contribution >= 4 is 29.0 Å². The number of ether oxygens (including phenoxy) is 1. The minimum atomic E-state index is 0.00935. The number of carbonyl (C=O) groups excluding carboxylic acids is 1. The molecule has 1 amide bonds. The number of rotatable bonds is 5. The van der Waals surface area contributed by atoms with Crippen molar-refractivity contribution in [1.82, 2.24) is 0 Å². The number of nitrogens with one attached hydrogen (secondary N) is 1. The minimum Gasteiger partial charge on any atom is -0.497 e. The molecule has 4 nitrogen and oxygen atoms in total. The monoisotopic (exact) mass is 308 g/mol. The van der Waals surface area contributed by atoms with Gasteiger partial charge in [-0.15, -0.1) is 11.8 Å². The molecule has 2 atom stereocenters. The van der Waals surface area contributed by atoms with Crippen molar-refractivity contribution in [3.8, 4) is 5.75 Å². The molecule has 1 fully saturated rings. The third-order valence-corrected chi connectivity index (χ3v) is 5.20. The number of methoxy groups -OCH3 is 1. The van der Waals surface area contributed by atoms with Gasteiger partial charge in [-0.1, -0.05) is 19.8 Å². The highest BCUT2D eigenvalue weighted by Crippen LogP contribution is 2.32. The lowest BCUT2D eigenvalue weighted by atomic mass is 9.91. The van der Waals surface area contributed by atoms with E-state index in [0.29, 0.717) is 28.1 Å². The fourth-order valence-corrected chi connectivity index (χ4v) is 3.95. The molecule has 0 saturated heterocycles. The second kappa shape index (κ2) is 7.59. The predicted molar refractivity (Wildman–Crippen MR) is 89.9 cm³/mol. The molecule has 0 heterocycles. The Bertz CT molecular complexity index is 493. The summed E-state index contributed by atoms with van der Waals surface area (Å²) >= 11 is 1.76. The van der Waals surface area contributed by atoms with Gasteiger partial charge in [-0.3, -0.25) is 4.79 Å². The maximum absolute atomic E-state index is 12.0. The molecule has 1 aliphatic rings. The summed E-state index contributed by atoms with van der Waals surface area (Å²) in [6, 6.07) is 5.28. The molecule has 2 unspecified atom stereocenters. The Morgan fingerprint density at radius 1 is 1.48 bits per heavy atom. The van der Waals surface area contributed by atoms with Crippen LogP contribution in [0.25, 0.3) is 0 Å². The first-order valence-electron chi connectivity index (χ1n) is 7.43. The number of carbonyl (C=O) groups is 1. The van der Waals surface area contributed by atoms with Crippen LogP contribution in [-0.2, 0) is 4.79 Å². The number of hydrogen-bond donors (Lipinski definition) is 2. The van der Waals surface area contributed by atoms with E-state index in [1.54, 1.807) is 37.1 Å². The summed E-state index contributed by atoms with van der Waals surface area (Å²) in [4.78, 5) is 12.0. The zero-order valence-electron chi connectivity index (χ0n) is 12.7. The highest BCUT2D eigenvalue weighted by Gasteiger charge is 2.20. The van der Waals surface area contributed by atoms with Crippen molar-refractivity contribution < 1.29 is 9.53 Å². The molecular weight excluding hydrogens is 284 g/mol. The van der Waals surface area contributed by atoms with Gasteiger partial charge in [-0.2, -0.15) is 0 Å². The van der Waals surface area contributed by atoms with E-state index in [2.05, 4.69) is 12.2 Å². The van der Waals surface area contributed by atoms with E-state index in [-0.39, 0.29) is 5.91 Å². The summed E-state index contributed by atoms with van der Waals surface area (Å²) in [6.07, 6.45) is 5.06. The average molecular weight is 308 g/mol. The van der Waals surface area contributed by atoms with Crippen LogP contribution >= 0.6 is 11.8 Å². The molecule has 1 aromatic carbocycles. The van der Waals surface area contributed by atoms with E-state index in [1.165, 1.54) is 25.7 Å². The first-order chi connectivity index (χ1) is 10.1. The molecule has 1 saturated carbocycles. The number of thioether (sulfide) groups is 1. The molecule has 0 aromatic heterocycles. The molecule has 116 valence electrons. The average Bonchev–Trinajstić information content (AvgIpc) is 2.47. The van der Waals surface area contributed by atoms with Gasteiger partial charge in [0.2, 0.25) is 5.91 Å². The van der Waals surface area contributed by atoms with E-state index >= 15 is 0 Å². The highest BCUT2D eigenvalue weighted by molar-refractivity contribution is 8.00. The minimum absolute atomic E-state index is 0.00935. The van der Waals surface area contributed by atoms with Crippen molar-refractivity contribution in [1.29, 1.82) is 0 Å². The fraction of sp³-hybridized carbons (Fsp3) is 0.562. The van der Waals surface area contributed by atoms with Crippen LogP contribution in [0.15, 0.2) is 18.2 Å². The van der Waals surface area contributed by atoms with Crippen LogP contribution in [0.1, 0.15) is 32.6 Å². The largest absolute Gasteiger partial charge is 0.497 e. The van der Waals surface area contributed by atoms with E-state index in [0.717, 1.165) is 5.92 Å². The van der Waals surface area contributed by atoms with Crippen LogP contribution in [0.3, 0.4) is 0 Å². The first-order valence-corrected chi connectivity index (χ1v) is 8.48. The van der Waals surface area contributed by atoms with Crippen LogP contribution < -0.4 is 15.8 Å². The maximum atomic E-state index is 12.0. The number of hydrogen-bond acceptors (Lipinski definition) is 4. The second-order valence-corrected chi connectivity index (χ2v) is 6.99. The molecule has 0 bridgehead atoms. The van der Waals surface area contributed by atoms with Gasteiger partial charge >= 0.3 is 0 Å². The number of anilines is 2. The quantitative estimate of drug-likeness (QED) is 0.817. The lowest BCUT2D eigenvalue weighted by Crippen LogP contribution is -2.20. The zero-order chi connectivity index (χ0) is 15.2. The summed E-state index contributed by atoms with van der Waals surface area (Å²) in [5.74, 6) is 1.98. The number of benzene rings is 1. The summed E-state index contributed by atoms with van der Waals surface area (Å²) in [7, 11) is 1.59. The van der Waals surface area contributed by atoms with Crippen LogP contribution in [0.2, 0.25) is 0 Å². The maximum Gasteiger partial charge on any atom is 0.234 e. The standard InChI is InChI=1S/C16H24N2O2S/c1-11-4-3-5-13(8-11)21-10-16(19)18-15-7-6-12(20-2)9-14(15)17/h6-7,9,11,13H,3-5,8,10,17H2,1-2H3,(H,18,19). The summed E-state index contributed by atoms with van der Waals surface area (Å²) < 4.78 is 5.10. The summed E-state index contributed by atoms with van der Waals surface area (Å²) in [5, 5.41) is 3.49. The van der Waals surface area contributed by atoms with Crippen LogP contribution in [-0.4, -0.2) is 24.0 Å². The fourth-order valence-electron chi connectivity index (χ4n) is 2.69. The Labute approximate surface area is 130 Å². The van der Waals surface area contributed by atoms with Gasteiger partial charge in [-0.25, -0.2) is 0 Å². The Morgan fingerprint density at radius 2 is 2.29 bits per heavy atom. The second-order valence-electron chi connectivity index (χ2n) is 5.71. The van der Waals surface area contributed by atoms with Crippen molar-refractivity contribution in [3.63, 3.8) is 0 Å². The van der Waals surface area contributed by atoms with E-state index in [9.17, 15) is 4.79 Å².